The summed E-state index contributed by atoms with van der Waals surface area (Å²) in [5.41, 5.74) is 6.96. The average Bonchev–Trinajstić information content (AvgIpc) is 2.40. The van der Waals surface area contributed by atoms with Crippen molar-refractivity contribution in [2.24, 2.45) is 5.73 Å². The number of rotatable bonds is 4. The Morgan fingerprint density at radius 3 is 2.11 bits per heavy atom. The Bertz CT molecular complexity index is 607. The van der Waals surface area contributed by atoms with Crippen molar-refractivity contribution in [2.75, 3.05) is 4.72 Å². The van der Waals surface area contributed by atoms with Crippen molar-refractivity contribution in [2.45, 2.75) is 11.4 Å². The molecule has 0 heterocycles. The van der Waals surface area contributed by atoms with Gasteiger partial charge in [0.2, 0.25) is 0 Å². The summed E-state index contributed by atoms with van der Waals surface area (Å²) in [6.07, 6.45) is 0. The minimum absolute atomic E-state index is 0.243. The summed E-state index contributed by atoms with van der Waals surface area (Å²) in [6.45, 7) is 0.436. The molecule has 0 unspecified atom stereocenters. The molecule has 0 aromatic heterocycles. The number of nitrogens with two attached hydrogens (primary N) is 1. The SMILES string of the molecule is NCc1ccc(NS(=O)(=O)c2ccccc2)cc1. The van der Waals surface area contributed by atoms with Crippen LogP contribution in [-0.2, 0) is 16.6 Å². The molecular formula is C13H14N2O2S. The van der Waals surface area contributed by atoms with Gasteiger partial charge in [0.25, 0.3) is 10.0 Å². The Labute approximate surface area is 107 Å². The second kappa shape index (κ2) is 5.20. The lowest BCUT2D eigenvalue weighted by Gasteiger charge is -2.08. The fourth-order valence-corrected chi connectivity index (χ4v) is 2.60. The molecule has 0 atom stereocenters. The molecule has 0 spiro atoms. The molecule has 0 aliphatic rings. The number of sulfonamides is 1. The summed E-state index contributed by atoms with van der Waals surface area (Å²) in [4.78, 5) is 0.243. The number of nitrogens with one attached hydrogen (secondary N) is 1. The van der Waals surface area contributed by atoms with Crippen LogP contribution in [0.15, 0.2) is 59.5 Å². The summed E-state index contributed by atoms with van der Waals surface area (Å²) in [7, 11) is -3.51. The number of hydrogen-bond acceptors (Lipinski definition) is 3. The summed E-state index contributed by atoms with van der Waals surface area (Å²) >= 11 is 0. The minimum atomic E-state index is -3.51. The second-order valence-electron chi connectivity index (χ2n) is 3.82. The summed E-state index contributed by atoms with van der Waals surface area (Å²) in [5, 5.41) is 0. The molecule has 0 amide bonds. The van der Waals surface area contributed by atoms with E-state index >= 15 is 0 Å². The Hall–Kier alpha value is -1.85. The molecule has 0 aliphatic heterocycles. The van der Waals surface area contributed by atoms with Crippen LogP contribution in [0.5, 0.6) is 0 Å². The van der Waals surface area contributed by atoms with Crippen LogP contribution in [0.4, 0.5) is 5.69 Å². The third-order valence-electron chi connectivity index (χ3n) is 2.50. The molecule has 4 nitrogen and oxygen atoms in total. The molecule has 2 rings (SSSR count). The van der Waals surface area contributed by atoms with Gasteiger partial charge < -0.3 is 5.73 Å². The molecule has 2 aromatic rings. The van der Waals surface area contributed by atoms with Gasteiger partial charge in [-0.1, -0.05) is 30.3 Å². The van der Waals surface area contributed by atoms with E-state index in [1.807, 2.05) is 0 Å². The molecule has 0 fully saturated rings. The van der Waals surface area contributed by atoms with Crippen LogP contribution in [0.3, 0.4) is 0 Å². The van der Waals surface area contributed by atoms with Crippen LogP contribution in [-0.4, -0.2) is 8.42 Å². The molecule has 0 saturated heterocycles. The molecular weight excluding hydrogens is 248 g/mol. The van der Waals surface area contributed by atoms with Gasteiger partial charge in [0.1, 0.15) is 0 Å². The zero-order valence-electron chi connectivity index (χ0n) is 9.71. The topological polar surface area (TPSA) is 72.2 Å². The van der Waals surface area contributed by atoms with Gasteiger partial charge in [-0.3, -0.25) is 4.72 Å². The minimum Gasteiger partial charge on any atom is -0.326 e. The highest BCUT2D eigenvalue weighted by atomic mass is 32.2. The molecule has 94 valence electrons. The maximum absolute atomic E-state index is 12.0. The van der Waals surface area contributed by atoms with Gasteiger partial charge in [0, 0.05) is 12.2 Å². The Morgan fingerprint density at radius 1 is 0.944 bits per heavy atom. The van der Waals surface area contributed by atoms with Crippen LogP contribution in [0.25, 0.3) is 0 Å². The number of anilines is 1. The highest BCUT2D eigenvalue weighted by Gasteiger charge is 2.12. The quantitative estimate of drug-likeness (QED) is 0.884. The zero-order valence-corrected chi connectivity index (χ0v) is 10.5. The van der Waals surface area contributed by atoms with Crippen molar-refractivity contribution in [1.82, 2.24) is 0 Å². The van der Waals surface area contributed by atoms with E-state index in [1.54, 1.807) is 54.6 Å². The third-order valence-corrected chi connectivity index (χ3v) is 3.89. The van der Waals surface area contributed by atoms with Crippen LogP contribution >= 0.6 is 0 Å². The first-order valence-corrected chi connectivity index (χ1v) is 6.97. The lowest BCUT2D eigenvalue weighted by Crippen LogP contribution is -2.12. The van der Waals surface area contributed by atoms with Gasteiger partial charge in [0.05, 0.1) is 4.90 Å². The van der Waals surface area contributed by atoms with E-state index in [0.717, 1.165) is 5.56 Å². The van der Waals surface area contributed by atoms with Gasteiger partial charge >= 0.3 is 0 Å². The van der Waals surface area contributed by atoms with E-state index in [2.05, 4.69) is 4.72 Å². The molecule has 0 aliphatic carbocycles. The van der Waals surface area contributed by atoms with Crippen molar-refractivity contribution in [3.8, 4) is 0 Å². The van der Waals surface area contributed by atoms with Crippen LogP contribution in [0, 0.1) is 0 Å². The molecule has 3 N–H and O–H groups in total. The first-order valence-electron chi connectivity index (χ1n) is 5.49. The van der Waals surface area contributed by atoms with E-state index in [9.17, 15) is 8.42 Å². The van der Waals surface area contributed by atoms with Crippen LogP contribution < -0.4 is 10.5 Å². The Morgan fingerprint density at radius 2 is 1.56 bits per heavy atom. The predicted molar refractivity (Wildman–Crippen MR) is 71.6 cm³/mol. The highest BCUT2D eigenvalue weighted by molar-refractivity contribution is 7.92. The third kappa shape index (κ3) is 2.88. The van der Waals surface area contributed by atoms with E-state index in [4.69, 9.17) is 5.73 Å². The number of hydrogen-bond donors (Lipinski definition) is 2. The summed E-state index contributed by atoms with van der Waals surface area (Å²) in [5.74, 6) is 0. The molecule has 0 radical (unpaired) electrons. The van der Waals surface area contributed by atoms with Crippen molar-refractivity contribution in [3.05, 3.63) is 60.2 Å². The fraction of sp³-hybridized carbons (Fsp3) is 0.0769. The summed E-state index contributed by atoms with van der Waals surface area (Å²) < 4.78 is 26.6. The van der Waals surface area contributed by atoms with E-state index in [-0.39, 0.29) is 4.90 Å². The van der Waals surface area contributed by atoms with Crippen molar-refractivity contribution >= 4 is 15.7 Å². The smallest absolute Gasteiger partial charge is 0.261 e. The normalized spacial score (nSPS) is 11.2. The first kappa shape index (κ1) is 12.6. The van der Waals surface area contributed by atoms with Gasteiger partial charge in [-0.2, -0.15) is 0 Å². The molecule has 0 saturated carbocycles. The predicted octanol–water partition coefficient (Wildman–Crippen LogP) is 1.95. The fourth-order valence-electron chi connectivity index (χ4n) is 1.52. The maximum Gasteiger partial charge on any atom is 0.261 e. The van der Waals surface area contributed by atoms with E-state index < -0.39 is 10.0 Å². The van der Waals surface area contributed by atoms with E-state index in [0.29, 0.717) is 12.2 Å². The van der Waals surface area contributed by atoms with Gasteiger partial charge in [0.15, 0.2) is 0 Å². The maximum atomic E-state index is 12.0. The van der Waals surface area contributed by atoms with Crippen LogP contribution in [0.2, 0.25) is 0 Å². The lowest BCUT2D eigenvalue weighted by atomic mass is 10.2. The van der Waals surface area contributed by atoms with Crippen molar-refractivity contribution in [1.29, 1.82) is 0 Å². The van der Waals surface area contributed by atoms with Gasteiger partial charge in [-0.15, -0.1) is 0 Å². The molecule has 0 bridgehead atoms. The van der Waals surface area contributed by atoms with Gasteiger partial charge in [-0.05, 0) is 29.8 Å². The second-order valence-corrected chi connectivity index (χ2v) is 5.50. The van der Waals surface area contributed by atoms with Crippen LogP contribution in [0.1, 0.15) is 5.56 Å². The molecule has 5 heteroatoms. The van der Waals surface area contributed by atoms with Crippen molar-refractivity contribution < 1.29 is 8.42 Å². The largest absolute Gasteiger partial charge is 0.326 e. The molecule has 18 heavy (non-hydrogen) atoms. The summed E-state index contributed by atoms with van der Waals surface area (Å²) in [6, 6.07) is 15.2. The average molecular weight is 262 g/mol. The monoisotopic (exact) mass is 262 g/mol. The number of benzene rings is 2. The first-order chi connectivity index (χ1) is 8.62. The van der Waals surface area contributed by atoms with Gasteiger partial charge in [-0.25, -0.2) is 8.42 Å². The lowest BCUT2D eigenvalue weighted by molar-refractivity contribution is 0.601. The Kier molecular flexibility index (Phi) is 3.64. The standard InChI is InChI=1S/C13H14N2O2S/c14-10-11-6-8-12(9-7-11)15-18(16,17)13-4-2-1-3-5-13/h1-9,15H,10,14H2. The van der Waals surface area contributed by atoms with E-state index in [1.165, 1.54) is 0 Å². The zero-order chi connectivity index (χ0) is 13.0. The molecule has 2 aromatic carbocycles. The highest BCUT2D eigenvalue weighted by Crippen LogP contribution is 2.16. The Balaban J connectivity index is 2.22. The van der Waals surface area contributed by atoms with Crippen molar-refractivity contribution in [3.63, 3.8) is 0 Å².